The number of hydrogen-bond acceptors (Lipinski definition) is 7. The number of piperidine rings is 1. The number of ether oxygens (including phenoxy) is 1. The van der Waals surface area contributed by atoms with Crippen LogP contribution in [0.2, 0.25) is 5.28 Å². The molecule has 4 heterocycles. The summed E-state index contributed by atoms with van der Waals surface area (Å²) in [4.78, 5) is 27.1. The molecule has 10 heteroatoms. The molecule has 0 bridgehead atoms. The fourth-order valence-corrected chi connectivity index (χ4v) is 4.13. The number of aryl methyl sites for hydroxylation is 1. The van der Waals surface area contributed by atoms with Gasteiger partial charge in [0.25, 0.3) is 0 Å². The Hall–Kier alpha value is -2.94. The van der Waals surface area contributed by atoms with Gasteiger partial charge < -0.3 is 15.0 Å². The summed E-state index contributed by atoms with van der Waals surface area (Å²) in [5.41, 5.74) is 3.04. The van der Waals surface area contributed by atoms with E-state index in [-0.39, 0.29) is 17.3 Å². The number of nitrogens with zero attached hydrogens (tertiary/aromatic N) is 6. The molecule has 33 heavy (non-hydrogen) atoms. The standard InChI is InChI=1S/C23H30ClN7O2/c1-5-17-20(26-14-16-8-11-25-21(24)27-16)31-19(28-17)7-6-18(29-31)15-9-12-30(13-10-15)22(32)33-23(2,3)4/h6-8,11,15,26H,5,9-10,12-14H2,1-4H3. The molecule has 1 fully saturated rings. The van der Waals surface area contributed by atoms with E-state index >= 15 is 0 Å². The summed E-state index contributed by atoms with van der Waals surface area (Å²) in [5, 5.41) is 8.57. The number of likely N-dealkylation sites (tertiary alicyclic amines) is 1. The van der Waals surface area contributed by atoms with Gasteiger partial charge in [-0.25, -0.2) is 19.7 Å². The van der Waals surface area contributed by atoms with E-state index in [1.54, 1.807) is 11.1 Å². The molecule has 0 unspecified atom stereocenters. The van der Waals surface area contributed by atoms with Crippen LogP contribution in [0.3, 0.4) is 0 Å². The molecular weight excluding hydrogens is 442 g/mol. The van der Waals surface area contributed by atoms with Crippen molar-refractivity contribution in [3.63, 3.8) is 0 Å². The maximum absolute atomic E-state index is 12.4. The van der Waals surface area contributed by atoms with E-state index in [9.17, 15) is 4.79 Å². The Morgan fingerprint density at radius 1 is 1.21 bits per heavy atom. The summed E-state index contributed by atoms with van der Waals surface area (Å²) < 4.78 is 7.38. The summed E-state index contributed by atoms with van der Waals surface area (Å²) >= 11 is 5.91. The van der Waals surface area contributed by atoms with Crippen molar-refractivity contribution in [3.8, 4) is 0 Å². The molecule has 0 saturated carbocycles. The number of anilines is 1. The lowest BCUT2D eigenvalue weighted by atomic mass is 9.93. The minimum atomic E-state index is -0.487. The maximum Gasteiger partial charge on any atom is 0.410 e. The Morgan fingerprint density at radius 2 is 1.97 bits per heavy atom. The van der Waals surface area contributed by atoms with Gasteiger partial charge in [-0.15, -0.1) is 0 Å². The maximum atomic E-state index is 12.4. The van der Waals surface area contributed by atoms with Crippen LogP contribution in [-0.2, 0) is 17.7 Å². The summed E-state index contributed by atoms with van der Waals surface area (Å²) in [5.74, 6) is 1.13. The summed E-state index contributed by atoms with van der Waals surface area (Å²) in [6.07, 6.45) is 3.86. The fraction of sp³-hybridized carbons (Fsp3) is 0.522. The number of imidazole rings is 1. The molecule has 0 aliphatic carbocycles. The van der Waals surface area contributed by atoms with Crippen LogP contribution in [-0.4, -0.2) is 54.2 Å². The predicted octanol–water partition coefficient (Wildman–Crippen LogP) is 4.46. The Labute approximate surface area is 198 Å². The highest BCUT2D eigenvalue weighted by atomic mass is 35.5. The molecule has 1 saturated heterocycles. The van der Waals surface area contributed by atoms with Crippen molar-refractivity contribution in [2.24, 2.45) is 0 Å². The van der Waals surface area contributed by atoms with E-state index in [0.29, 0.717) is 19.6 Å². The van der Waals surface area contributed by atoms with Crippen molar-refractivity contribution in [1.82, 2.24) is 29.5 Å². The van der Waals surface area contributed by atoms with E-state index < -0.39 is 5.60 Å². The van der Waals surface area contributed by atoms with E-state index in [0.717, 1.165) is 47.8 Å². The fourth-order valence-electron chi connectivity index (χ4n) is 3.96. The van der Waals surface area contributed by atoms with Crippen molar-refractivity contribution in [2.45, 2.75) is 65.0 Å². The summed E-state index contributed by atoms with van der Waals surface area (Å²) in [7, 11) is 0. The van der Waals surface area contributed by atoms with Gasteiger partial charge in [-0.3, -0.25) is 0 Å². The van der Waals surface area contributed by atoms with Crippen LogP contribution < -0.4 is 5.32 Å². The van der Waals surface area contributed by atoms with Gasteiger partial charge in [-0.05, 0) is 69.8 Å². The summed E-state index contributed by atoms with van der Waals surface area (Å²) in [6.45, 7) is 9.53. The molecule has 0 spiro atoms. The average molecular weight is 472 g/mol. The lowest BCUT2D eigenvalue weighted by Gasteiger charge is -2.33. The average Bonchev–Trinajstić information content (AvgIpc) is 3.13. The summed E-state index contributed by atoms with van der Waals surface area (Å²) in [6, 6.07) is 5.88. The van der Waals surface area contributed by atoms with Crippen LogP contribution in [0, 0.1) is 0 Å². The van der Waals surface area contributed by atoms with Gasteiger partial charge >= 0.3 is 6.09 Å². The largest absolute Gasteiger partial charge is 0.444 e. The molecule has 3 aromatic rings. The van der Waals surface area contributed by atoms with E-state index in [1.165, 1.54) is 0 Å². The molecule has 1 amide bonds. The lowest BCUT2D eigenvalue weighted by Crippen LogP contribution is -2.41. The van der Waals surface area contributed by atoms with Crippen LogP contribution >= 0.6 is 11.6 Å². The molecule has 0 radical (unpaired) electrons. The van der Waals surface area contributed by atoms with Crippen molar-refractivity contribution < 1.29 is 9.53 Å². The second-order valence-corrected chi connectivity index (χ2v) is 9.54. The predicted molar refractivity (Wildman–Crippen MR) is 127 cm³/mol. The Morgan fingerprint density at radius 3 is 2.64 bits per heavy atom. The van der Waals surface area contributed by atoms with Gasteiger partial charge in [0.2, 0.25) is 5.28 Å². The molecule has 1 N–H and O–H groups in total. The van der Waals surface area contributed by atoms with Gasteiger partial charge in [0.1, 0.15) is 5.60 Å². The number of aromatic nitrogens is 5. The number of amides is 1. The van der Waals surface area contributed by atoms with Crippen LogP contribution in [0.4, 0.5) is 10.6 Å². The van der Waals surface area contributed by atoms with Gasteiger partial charge in [-0.2, -0.15) is 9.61 Å². The SMILES string of the molecule is CCc1nc2ccc(C3CCN(C(=O)OC(C)(C)C)CC3)nn2c1NCc1ccnc(Cl)n1. The van der Waals surface area contributed by atoms with Gasteiger partial charge in [0.05, 0.1) is 23.6 Å². The second-order valence-electron chi connectivity index (χ2n) is 9.20. The van der Waals surface area contributed by atoms with Crippen LogP contribution in [0.5, 0.6) is 0 Å². The zero-order chi connectivity index (χ0) is 23.6. The lowest BCUT2D eigenvalue weighted by molar-refractivity contribution is 0.0204. The minimum absolute atomic E-state index is 0.223. The first-order valence-electron chi connectivity index (χ1n) is 11.3. The second kappa shape index (κ2) is 9.51. The molecule has 3 aromatic heterocycles. The number of fused-ring (bicyclic) bond motifs is 1. The van der Waals surface area contributed by atoms with Crippen molar-refractivity contribution in [1.29, 1.82) is 0 Å². The third-order valence-corrected chi connectivity index (χ3v) is 5.77. The van der Waals surface area contributed by atoms with E-state index in [1.807, 2.05) is 43.5 Å². The van der Waals surface area contributed by atoms with Crippen LogP contribution in [0.1, 0.15) is 63.5 Å². The normalized spacial score (nSPS) is 15.1. The third-order valence-electron chi connectivity index (χ3n) is 5.59. The Balaban J connectivity index is 1.49. The van der Waals surface area contributed by atoms with Crippen LogP contribution in [0.15, 0.2) is 24.4 Å². The van der Waals surface area contributed by atoms with Crippen molar-refractivity contribution in [2.75, 3.05) is 18.4 Å². The molecule has 0 aromatic carbocycles. The zero-order valence-corrected chi connectivity index (χ0v) is 20.3. The number of nitrogens with one attached hydrogen (secondary N) is 1. The molecule has 9 nitrogen and oxygen atoms in total. The number of rotatable bonds is 5. The number of carbonyl (C=O) groups excluding carboxylic acids is 1. The first-order chi connectivity index (χ1) is 15.7. The highest BCUT2D eigenvalue weighted by Crippen LogP contribution is 2.29. The van der Waals surface area contributed by atoms with Crippen molar-refractivity contribution in [3.05, 3.63) is 46.8 Å². The number of halogens is 1. The van der Waals surface area contributed by atoms with E-state index in [2.05, 4.69) is 22.2 Å². The first kappa shape index (κ1) is 23.2. The smallest absolute Gasteiger partial charge is 0.410 e. The highest BCUT2D eigenvalue weighted by Gasteiger charge is 2.28. The molecular formula is C23H30ClN7O2. The highest BCUT2D eigenvalue weighted by molar-refractivity contribution is 6.28. The Kier molecular flexibility index (Phi) is 6.69. The Bertz CT molecular complexity index is 1130. The monoisotopic (exact) mass is 471 g/mol. The third kappa shape index (κ3) is 5.52. The minimum Gasteiger partial charge on any atom is -0.444 e. The topological polar surface area (TPSA) is 97.5 Å². The van der Waals surface area contributed by atoms with Crippen LogP contribution in [0.25, 0.3) is 5.65 Å². The van der Waals surface area contributed by atoms with Gasteiger partial charge in [0.15, 0.2) is 11.5 Å². The number of hydrogen-bond donors (Lipinski definition) is 1. The molecule has 176 valence electrons. The quantitative estimate of drug-likeness (QED) is 0.548. The van der Waals surface area contributed by atoms with Gasteiger partial charge in [-0.1, -0.05) is 6.92 Å². The van der Waals surface area contributed by atoms with Gasteiger partial charge in [0, 0.05) is 25.2 Å². The number of carbonyl (C=O) groups is 1. The molecule has 1 aliphatic heterocycles. The molecule has 1 aliphatic rings. The first-order valence-corrected chi connectivity index (χ1v) is 11.7. The van der Waals surface area contributed by atoms with Crippen molar-refractivity contribution >= 4 is 29.2 Å². The zero-order valence-electron chi connectivity index (χ0n) is 19.5. The molecule has 4 rings (SSSR count). The molecule has 0 atom stereocenters. The van der Waals surface area contributed by atoms with E-state index in [4.69, 9.17) is 26.4 Å².